The molecule has 2 aromatic heterocycles. The van der Waals surface area contributed by atoms with E-state index >= 15 is 0 Å². The number of halogens is 1. The smallest absolute Gasteiger partial charge is 0.297 e. The van der Waals surface area contributed by atoms with E-state index in [1.807, 2.05) is 36.4 Å². The third-order valence-corrected chi connectivity index (χ3v) is 5.14. The molecule has 3 heterocycles. The number of fused-ring (bicyclic) bond motifs is 4. The Bertz CT molecular complexity index is 1210. The predicted molar refractivity (Wildman–Crippen MR) is 100 cm³/mol. The Kier molecular flexibility index (Phi) is 3.49. The van der Waals surface area contributed by atoms with Gasteiger partial charge in [0.25, 0.3) is 5.56 Å². The molecule has 0 aliphatic carbocycles. The highest BCUT2D eigenvalue weighted by Gasteiger charge is 2.17. The van der Waals surface area contributed by atoms with Crippen molar-refractivity contribution in [2.75, 3.05) is 13.2 Å². The summed E-state index contributed by atoms with van der Waals surface area (Å²) in [5.41, 5.74) is 2.19. The topological polar surface area (TPSA) is 66.5 Å². The van der Waals surface area contributed by atoms with E-state index in [4.69, 9.17) is 13.9 Å². The second kappa shape index (κ2) is 5.88. The summed E-state index contributed by atoms with van der Waals surface area (Å²) in [5, 5.41) is 0.840. The van der Waals surface area contributed by atoms with Crippen molar-refractivity contribution in [1.29, 1.82) is 0 Å². The van der Waals surface area contributed by atoms with Gasteiger partial charge in [-0.2, -0.15) is 0 Å². The van der Waals surface area contributed by atoms with Crippen molar-refractivity contribution < 1.29 is 13.9 Å². The lowest BCUT2D eigenvalue weighted by atomic mass is 10.2. The second-order valence-corrected chi connectivity index (χ2v) is 6.90. The van der Waals surface area contributed by atoms with Crippen LogP contribution in [0.25, 0.3) is 22.1 Å². The van der Waals surface area contributed by atoms with E-state index in [1.165, 1.54) is 4.57 Å². The number of benzene rings is 2. The van der Waals surface area contributed by atoms with E-state index in [9.17, 15) is 4.79 Å². The highest BCUT2D eigenvalue weighted by atomic mass is 79.9. The first kappa shape index (κ1) is 15.5. The van der Waals surface area contributed by atoms with Gasteiger partial charge in [0.2, 0.25) is 5.58 Å². The number of furan rings is 1. The molecule has 1 aliphatic rings. The molecule has 1 aliphatic heterocycles. The molecular weight excluding hydrogens is 400 g/mol. The van der Waals surface area contributed by atoms with Crippen LogP contribution in [0.5, 0.6) is 11.5 Å². The molecular formula is C19H13BrN2O4. The lowest BCUT2D eigenvalue weighted by Gasteiger charge is -2.20. The predicted octanol–water partition coefficient (Wildman–Crippen LogP) is 3.72. The van der Waals surface area contributed by atoms with Crippen molar-refractivity contribution in [3.8, 4) is 11.5 Å². The van der Waals surface area contributed by atoms with Gasteiger partial charge in [-0.1, -0.05) is 28.1 Å². The van der Waals surface area contributed by atoms with Gasteiger partial charge in [0, 0.05) is 9.86 Å². The maximum Gasteiger partial charge on any atom is 0.297 e. The van der Waals surface area contributed by atoms with Gasteiger partial charge in [0.15, 0.2) is 11.5 Å². The number of hydrogen-bond acceptors (Lipinski definition) is 5. The van der Waals surface area contributed by atoms with Crippen LogP contribution < -0.4 is 15.0 Å². The summed E-state index contributed by atoms with van der Waals surface area (Å²) < 4.78 is 19.3. The molecule has 2 aromatic carbocycles. The van der Waals surface area contributed by atoms with E-state index in [2.05, 4.69) is 20.9 Å². The first-order valence-corrected chi connectivity index (χ1v) is 8.95. The second-order valence-electron chi connectivity index (χ2n) is 6.04. The quantitative estimate of drug-likeness (QED) is 0.501. The summed E-state index contributed by atoms with van der Waals surface area (Å²) in [6, 6.07) is 11.2. The van der Waals surface area contributed by atoms with Crippen LogP contribution in [0.1, 0.15) is 5.56 Å². The molecule has 130 valence electrons. The van der Waals surface area contributed by atoms with Crippen molar-refractivity contribution in [2.45, 2.75) is 6.54 Å². The Balaban J connectivity index is 1.61. The summed E-state index contributed by atoms with van der Waals surface area (Å²) in [6.45, 7) is 1.39. The van der Waals surface area contributed by atoms with Gasteiger partial charge < -0.3 is 13.9 Å². The van der Waals surface area contributed by atoms with Crippen molar-refractivity contribution >= 4 is 38.0 Å². The fraction of sp³-hybridized carbons (Fsp3) is 0.158. The Labute approximate surface area is 156 Å². The maximum atomic E-state index is 12.9. The van der Waals surface area contributed by atoms with Crippen LogP contribution in [0.3, 0.4) is 0 Å². The highest BCUT2D eigenvalue weighted by molar-refractivity contribution is 9.10. The maximum absolute atomic E-state index is 12.9. The molecule has 0 atom stereocenters. The number of nitrogens with zero attached hydrogens (tertiary/aromatic N) is 2. The summed E-state index contributed by atoms with van der Waals surface area (Å²) in [4.78, 5) is 17.3. The van der Waals surface area contributed by atoms with Crippen LogP contribution >= 0.6 is 15.9 Å². The molecule has 0 saturated heterocycles. The third-order valence-electron chi connectivity index (χ3n) is 4.40. The zero-order chi connectivity index (χ0) is 17.7. The minimum Gasteiger partial charge on any atom is -0.486 e. The molecule has 0 radical (unpaired) electrons. The summed E-state index contributed by atoms with van der Waals surface area (Å²) in [6.07, 6.45) is 1.55. The molecule has 0 spiro atoms. The first-order valence-electron chi connectivity index (χ1n) is 8.15. The van der Waals surface area contributed by atoms with Crippen LogP contribution in [0, 0.1) is 0 Å². The molecule has 7 heteroatoms. The molecule has 0 bridgehead atoms. The molecule has 5 rings (SSSR count). The molecule has 0 saturated carbocycles. The van der Waals surface area contributed by atoms with Gasteiger partial charge in [0.1, 0.15) is 24.3 Å². The van der Waals surface area contributed by atoms with E-state index in [0.29, 0.717) is 42.4 Å². The van der Waals surface area contributed by atoms with Gasteiger partial charge in [0.05, 0.1) is 12.9 Å². The van der Waals surface area contributed by atoms with Crippen molar-refractivity contribution in [3.05, 3.63) is 63.1 Å². The van der Waals surface area contributed by atoms with E-state index in [1.54, 1.807) is 6.33 Å². The zero-order valence-corrected chi connectivity index (χ0v) is 15.2. The van der Waals surface area contributed by atoms with Gasteiger partial charge in [-0.15, -0.1) is 0 Å². The van der Waals surface area contributed by atoms with Crippen molar-refractivity contribution in [1.82, 2.24) is 9.55 Å². The van der Waals surface area contributed by atoms with Crippen LogP contribution in [0.4, 0.5) is 0 Å². The average molecular weight is 413 g/mol. The Morgan fingerprint density at radius 2 is 1.88 bits per heavy atom. The highest BCUT2D eigenvalue weighted by Crippen LogP contribution is 2.35. The molecule has 0 fully saturated rings. The molecule has 0 unspecified atom stereocenters. The van der Waals surface area contributed by atoms with Crippen molar-refractivity contribution in [2.24, 2.45) is 0 Å². The SMILES string of the molecule is O=c1c2oc3ccccc3c2ncn1Cc1cc2c(cc1Br)OCCO2. The number of aromatic nitrogens is 2. The first-order chi connectivity index (χ1) is 12.7. The van der Waals surface area contributed by atoms with Gasteiger partial charge in [-0.05, 0) is 29.8 Å². The fourth-order valence-corrected chi connectivity index (χ4v) is 3.59. The lowest BCUT2D eigenvalue weighted by molar-refractivity contribution is 0.171. The largest absolute Gasteiger partial charge is 0.486 e. The Morgan fingerprint density at radius 3 is 2.73 bits per heavy atom. The minimum atomic E-state index is -0.215. The number of rotatable bonds is 2. The lowest BCUT2D eigenvalue weighted by Crippen LogP contribution is -2.21. The van der Waals surface area contributed by atoms with E-state index < -0.39 is 0 Å². The number of hydrogen-bond donors (Lipinski definition) is 0. The standard InChI is InChI=1S/C19H13BrN2O4/c20-13-8-16-15(24-5-6-25-16)7-11(13)9-22-10-21-17-12-3-1-2-4-14(12)26-18(17)19(22)23/h1-4,7-8,10H,5-6,9H2. The third kappa shape index (κ3) is 2.39. The number of ether oxygens (including phenoxy) is 2. The number of para-hydroxylation sites is 1. The minimum absolute atomic E-state index is 0.215. The van der Waals surface area contributed by atoms with Crippen LogP contribution in [0.15, 0.2) is 56.4 Å². The Morgan fingerprint density at radius 1 is 1.12 bits per heavy atom. The van der Waals surface area contributed by atoms with E-state index in [0.717, 1.165) is 15.4 Å². The molecule has 0 amide bonds. The monoisotopic (exact) mass is 412 g/mol. The fourth-order valence-electron chi connectivity index (χ4n) is 3.14. The normalized spacial score (nSPS) is 13.4. The molecule has 0 N–H and O–H groups in total. The van der Waals surface area contributed by atoms with E-state index in [-0.39, 0.29) is 11.1 Å². The molecule has 6 nitrogen and oxygen atoms in total. The van der Waals surface area contributed by atoms with Crippen LogP contribution in [-0.4, -0.2) is 22.8 Å². The summed E-state index contributed by atoms with van der Waals surface area (Å²) in [5.74, 6) is 1.38. The van der Waals surface area contributed by atoms with Gasteiger partial charge >= 0.3 is 0 Å². The summed E-state index contributed by atoms with van der Waals surface area (Å²) in [7, 11) is 0. The molecule has 26 heavy (non-hydrogen) atoms. The summed E-state index contributed by atoms with van der Waals surface area (Å²) >= 11 is 3.54. The van der Waals surface area contributed by atoms with Crippen molar-refractivity contribution in [3.63, 3.8) is 0 Å². The van der Waals surface area contributed by atoms with Crippen LogP contribution in [0.2, 0.25) is 0 Å². The van der Waals surface area contributed by atoms with Crippen LogP contribution in [-0.2, 0) is 6.54 Å². The van der Waals surface area contributed by atoms with Gasteiger partial charge in [-0.3, -0.25) is 9.36 Å². The average Bonchev–Trinajstić information content (AvgIpc) is 3.04. The van der Waals surface area contributed by atoms with Gasteiger partial charge in [-0.25, -0.2) is 4.98 Å². The Hall–Kier alpha value is -2.80. The molecule has 4 aromatic rings. The zero-order valence-electron chi connectivity index (χ0n) is 13.6.